The Labute approximate surface area is 442 Å². The highest BCUT2D eigenvalue weighted by atomic mass is 16.4. The number of aliphatic hydroxyl groups is 9. The largest absolute Gasteiger partial charge is 0.472 e. The molecule has 1 unspecified atom stereocenters. The fourth-order valence-corrected chi connectivity index (χ4v) is 5.81. The molecule has 0 bridgehead atoms. The van der Waals surface area contributed by atoms with E-state index in [2.05, 4.69) is 89.3 Å². The van der Waals surface area contributed by atoms with Crippen molar-refractivity contribution >= 4 is 27.8 Å². The fourth-order valence-electron chi connectivity index (χ4n) is 5.81. The lowest BCUT2D eigenvalue weighted by Gasteiger charge is -2.09. The smallest absolute Gasteiger partial charge is 0.341 e. The second-order valence-corrected chi connectivity index (χ2v) is 14.8. The average molecular weight is 1080 g/mol. The summed E-state index contributed by atoms with van der Waals surface area (Å²) in [5.41, 5.74) is 4.11. The summed E-state index contributed by atoms with van der Waals surface area (Å²) in [5, 5.41) is 98.0. The molecule has 30 heteroatoms. The summed E-state index contributed by atoms with van der Waals surface area (Å²) in [6.45, 7) is 2.14. The number of amidine groups is 1. The predicted octanol–water partition coefficient (Wildman–Crippen LogP) is 0.0640. The first kappa shape index (κ1) is 61.4. The van der Waals surface area contributed by atoms with Gasteiger partial charge in [-0.3, -0.25) is 20.1 Å². The van der Waals surface area contributed by atoms with Gasteiger partial charge in [0.15, 0.2) is 5.82 Å². The van der Waals surface area contributed by atoms with Crippen LogP contribution in [0.4, 0.5) is 0 Å². The van der Waals surface area contributed by atoms with E-state index in [0.29, 0.717) is 34.2 Å². The van der Waals surface area contributed by atoms with E-state index in [1.54, 1.807) is 48.9 Å². The Morgan fingerprint density at radius 2 is 1.47 bits per heavy atom. The number of fused-ring (bicyclic) bond motifs is 3. The lowest BCUT2D eigenvalue weighted by molar-refractivity contribution is 0.197. The summed E-state index contributed by atoms with van der Waals surface area (Å²) in [6, 6.07) is 19.7. The fraction of sp³-hybridized carbons (Fsp3) is 0.271. The van der Waals surface area contributed by atoms with Crippen molar-refractivity contribution in [2.24, 2.45) is 4.99 Å². The number of furan rings is 1. The molecule has 412 valence electrons. The third-order valence-electron chi connectivity index (χ3n) is 9.57. The van der Waals surface area contributed by atoms with Crippen LogP contribution in [0, 0.1) is 0 Å². The van der Waals surface area contributed by atoms with E-state index < -0.39 is 5.63 Å². The zero-order valence-corrected chi connectivity index (χ0v) is 41.6. The Morgan fingerprint density at radius 3 is 2.00 bits per heavy atom. The number of hydrogen-bond donors (Lipinski definition) is 10. The number of aromatic amines is 1. The molecule has 1 saturated heterocycles. The number of H-pyrrole nitrogens is 1. The Morgan fingerprint density at radius 1 is 0.692 bits per heavy atom. The van der Waals surface area contributed by atoms with Crippen LogP contribution in [0.25, 0.3) is 22.0 Å². The molecule has 2 aliphatic heterocycles. The highest BCUT2D eigenvalue weighted by Gasteiger charge is 2.29. The van der Waals surface area contributed by atoms with Crippen LogP contribution in [0.2, 0.25) is 0 Å². The molecular formula is C48H57N17O13. The minimum Gasteiger partial charge on any atom is -0.472 e. The maximum Gasteiger partial charge on any atom is 0.341 e. The molecule has 10 heterocycles. The van der Waals surface area contributed by atoms with E-state index in [4.69, 9.17) is 45.3 Å². The third-order valence-corrected chi connectivity index (χ3v) is 9.57. The van der Waals surface area contributed by atoms with Crippen LogP contribution in [0.1, 0.15) is 46.5 Å². The van der Waals surface area contributed by atoms with Crippen LogP contribution in [-0.2, 0) is 53.0 Å². The molecule has 0 saturated carbocycles. The van der Waals surface area contributed by atoms with Crippen LogP contribution >= 0.6 is 0 Å². The highest BCUT2D eigenvalue weighted by Crippen LogP contribution is 2.16. The van der Waals surface area contributed by atoms with Crippen LogP contribution in [0.5, 0.6) is 0 Å². The summed E-state index contributed by atoms with van der Waals surface area (Å²) in [7, 11) is 0. The van der Waals surface area contributed by atoms with Gasteiger partial charge in [-0.05, 0) is 42.8 Å². The van der Waals surface area contributed by atoms with Gasteiger partial charge in [0, 0.05) is 42.6 Å². The van der Waals surface area contributed by atoms with Crippen LogP contribution in [0.15, 0.2) is 159 Å². The van der Waals surface area contributed by atoms with Crippen molar-refractivity contribution in [1.29, 1.82) is 0 Å². The molecular weight excluding hydrogens is 1020 g/mol. The molecule has 0 amide bonds. The molecule has 1 fully saturated rings. The van der Waals surface area contributed by atoms with E-state index in [0.717, 1.165) is 53.9 Å². The highest BCUT2D eigenvalue weighted by molar-refractivity contribution is 5.89. The summed E-state index contributed by atoms with van der Waals surface area (Å²) < 4.78 is 15.6. The number of rotatable bonds is 8. The van der Waals surface area contributed by atoms with Gasteiger partial charge in [0.05, 0.1) is 74.2 Å². The molecule has 30 nitrogen and oxygen atoms in total. The van der Waals surface area contributed by atoms with Gasteiger partial charge in [-0.15, -0.1) is 15.3 Å². The zero-order valence-electron chi connectivity index (χ0n) is 41.6. The van der Waals surface area contributed by atoms with Crippen molar-refractivity contribution in [3.63, 3.8) is 0 Å². The van der Waals surface area contributed by atoms with Gasteiger partial charge in [-0.1, -0.05) is 35.5 Å². The van der Waals surface area contributed by atoms with Crippen molar-refractivity contribution in [3.05, 3.63) is 186 Å². The molecule has 12 rings (SSSR count). The molecule has 0 radical (unpaired) electrons. The van der Waals surface area contributed by atoms with Gasteiger partial charge in [0.1, 0.15) is 80.7 Å². The third kappa shape index (κ3) is 22.4. The quantitative estimate of drug-likeness (QED) is 0.0900. The minimum absolute atomic E-state index is 0.0114. The van der Waals surface area contributed by atoms with Gasteiger partial charge in [0.2, 0.25) is 12.3 Å². The van der Waals surface area contributed by atoms with Crippen molar-refractivity contribution in [2.75, 3.05) is 19.6 Å². The summed E-state index contributed by atoms with van der Waals surface area (Å²) in [5.74, 6) is 2.08. The van der Waals surface area contributed by atoms with Crippen molar-refractivity contribution < 1.29 is 59.2 Å². The van der Waals surface area contributed by atoms with Gasteiger partial charge >= 0.3 is 5.63 Å². The number of aromatic nitrogens is 15. The molecule has 2 aromatic carbocycles. The summed E-state index contributed by atoms with van der Waals surface area (Å²) >= 11 is 0. The maximum atomic E-state index is 11.1. The molecule has 0 aliphatic carbocycles. The Balaban J connectivity index is 0.000000191. The first-order chi connectivity index (χ1) is 38.2. The second-order valence-electron chi connectivity index (χ2n) is 14.8. The number of hydrogen-bond acceptors (Lipinski definition) is 28. The number of aliphatic hydroxyl groups excluding tert-OH is 9. The van der Waals surface area contributed by atoms with E-state index in [1.165, 1.54) is 55.1 Å². The van der Waals surface area contributed by atoms with Crippen LogP contribution in [0.3, 0.4) is 0 Å². The number of nitrogens with one attached hydrogen (secondary N) is 1. The lowest BCUT2D eigenvalue weighted by atomic mass is 10.2. The molecule has 0 spiro atoms. The molecule has 8 aromatic heterocycles. The van der Waals surface area contributed by atoms with Crippen molar-refractivity contribution in [1.82, 2.24) is 80.2 Å². The van der Waals surface area contributed by atoms with Gasteiger partial charge < -0.3 is 64.1 Å². The monoisotopic (exact) mass is 1080 g/mol. The second kappa shape index (κ2) is 36.8. The molecule has 1 atom stereocenters. The number of para-hydroxylation sites is 2. The molecule has 78 heavy (non-hydrogen) atoms. The first-order valence-corrected chi connectivity index (χ1v) is 23.1. The van der Waals surface area contributed by atoms with E-state index in [-0.39, 0.29) is 65.0 Å². The van der Waals surface area contributed by atoms with E-state index in [9.17, 15) is 9.90 Å². The van der Waals surface area contributed by atoms with E-state index in [1.807, 2.05) is 36.4 Å². The van der Waals surface area contributed by atoms with Crippen molar-refractivity contribution in [3.8, 4) is 0 Å². The van der Waals surface area contributed by atoms with Gasteiger partial charge in [-0.25, -0.2) is 39.4 Å². The van der Waals surface area contributed by atoms with Crippen LogP contribution in [-0.4, -0.2) is 158 Å². The number of aliphatic imine (C=N–C) groups is 1. The SMILES string of the molecule is O=c1oc2ccccc2cc1CO.OC1CCN2CCN=C12.OCc1ccncn1.OCc1ccoc1.OCc1cnccn1.OCc1ncn[nH]1.OCc1ncncn1.OCc1nnco1.OCn1nnc2ccccc21. The molecule has 10 aromatic rings. The lowest BCUT2D eigenvalue weighted by Crippen LogP contribution is -2.25. The average Bonchev–Trinajstić information content (AvgIpc) is 4.39. The zero-order chi connectivity index (χ0) is 56.0. The topological polar surface area (TPSA) is 442 Å². The predicted molar refractivity (Wildman–Crippen MR) is 271 cm³/mol. The van der Waals surface area contributed by atoms with Crippen LogP contribution < -0.4 is 5.63 Å². The minimum atomic E-state index is -0.471. The Bertz CT molecular complexity index is 2970. The summed E-state index contributed by atoms with van der Waals surface area (Å²) in [6.07, 6.45) is 16.5. The van der Waals surface area contributed by atoms with Gasteiger partial charge in [0.25, 0.3) is 0 Å². The normalized spacial score (nSPS) is 12.3. The molecule has 2 aliphatic rings. The standard InChI is InChI=1S/C10H8O3.C7H7N3O.C6H10N2O.2C5H6N2O.C5H6O2.C4H5N3O.C3H5N3O.C3H4N2O2/c11-6-8-5-7-3-1-2-4-9(7)13-10(8)12;11-5-10-7-4-2-1-3-6(7)8-9-10;9-5-1-3-8-4-2-7-6(5)8;8-4-5-3-6-1-2-7-5;8-3-5-1-2-6-4-7-5;6-3-5-1-2-7-4-5;8-1-4-6-2-5-3-7-4;7-1-3-4-2-5-6-3;6-1-3-5-4-2-7-3/h1-5,11H,6H2;1-4,11H,5H2;5,9H,1-4H2;1-3,8H,4H2;1-2,4,8H,3H2;1-2,4,6H,3H2;2-3,8H,1H2;2,7H,1H2,(H,4,5,6);2,6H,1H2. The van der Waals surface area contributed by atoms with Gasteiger partial charge in [-0.2, -0.15) is 5.10 Å². The van der Waals surface area contributed by atoms with E-state index >= 15 is 0 Å². The first-order valence-electron chi connectivity index (χ1n) is 23.1. The van der Waals surface area contributed by atoms with Crippen molar-refractivity contribution in [2.45, 2.75) is 65.5 Å². The molecule has 10 N–H and O–H groups in total. The Hall–Kier alpha value is -9.11. The number of nitrogens with zero attached hydrogens (tertiary/aromatic N) is 16. The maximum absolute atomic E-state index is 11.1. The number of benzene rings is 2. The summed E-state index contributed by atoms with van der Waals surface area (Å²) in [4.78, 5) is 46.8. The Kier molecular flexibility index (Phi) is 29.0.